The Morgan fingerprint density at radius 1 is 1.04 bits per heavy atom. The molecule has 0 aliphatic heterocycles. The fraction of sp³-hybridized carbons (Fsp3) is 0.318. The molecule has 6 heteroatoms. The number of methoxy groups -OCH3 is 1. The molecule has 0 fully saturated rings. The molecule has 0 saturated carbocycles. The number of rotatable bonds is 9. The monoisotopic (exact) mass is 382 g/mol. The Kier molecular flexibility index (Phi) is 7.75. The van der Waals surface area contributed by atoms with Gasteiger partial charge in [0.1, 0.15) is 5.75 Å². The van der Waals surface area contributed by atoms with Gasteiger partial charge in [0.2, 0.25) is 11.8 Å². The van der Waals surface area contributed by atoms with Crippen molar-refractivity contribution in [3.05, 3.63) is 59.7 Å². The van der Waals surface area contributed by atoms with Crippen LogP contribution in [0.1, 0.15) is 35.7 Å². The van der Waals surface area contributed by atoms with Crippen molar-refractivity contribution in [1.82, 2.24) is 4.90 Å². The highest BCUT2D eigenvalue weighted by molar-refractivity contribution is 5.99. The lowest BCUT2D eigenvalue weighted by molar-refractivity contribution is -0.134. The van der Waals surface area contributed by atoms with Gasteiger partial charge in [0.05, 0.1) is 13.7 Å². The molecule has 2 amide bonds. The van der Waals surface area contributed by atoms with Crippen molar-refractivity contribution in [2.75, 3.05) is 25.5 Å². The second kappa shape index (κ2) is 10.3. The van der Waals surface area contributed by atoms with Crippen LogP contribution in [0.4, 0.5) is 5.69 Å². The number of hydrogen-bond donors (Lipinski definition) is 1. The lowest BCUT2D eigenvalue weighted by atomic mass is 10.0. The summed E-state index contributed by atoms with van der Waals surface area (Å²) in [6.07, 6.45) is 0.197. The number of likely N-dealkylation sites (N-methyl/N-ethyl adjacent to an activating group) is 1. The molecule has 0 heterocycles. The van der Waals surface area contributed by atoms with Crippen molar-refractivity contribution in [1.29, 1.82) is 0 Å². The van der Waals surface area contributed by atoms with Crippen molar-refractivity contribution in [2.45, 2.75) is 26.7 Å². The van der Waals surface area contributed by atoms with Gasteiger partial charge in [-0.15, -0.1) is 0 Å². The second-order valence-corrected chi connectivity index (χ2v) is 6.48. The molecule has 28 heavy (non-hydrogen) atoms. The zero-order chi connectivity index (χ0) is 20.5. The van der Waals surface area contributed by atoms with E-state index in [9.17, 15) is 14.4 Å². The minimum Gasteiger partial charge on any atom is -0.497 e. The molecule has 0 atom stereocenters. The molecule has 148 valence electrons. The first-order chi connectivity index (χ1) is 13.4. The van der Waals surface area contributed by atoms with Crippen molar-refractivity contribution in [3.8, 4) is 5.75 Å². The van der Waals surface area contributed by atoms with Crippen LogP contribution in [0.15, 0.2) is 48.5 Å². The van der Waals surface area contributed by atoms with E-state index in [-0.39, 0.29) is 37.0 Å². The summed E-state index contributed by atoms with van der Waals surface area (Å²) in [5, 5.41) is 2.75. The van der Waals surface area contributed by atoms with Crippen LogP contribution < -0.4 is 10.1 Å². The van der Waals surface area contributed by atoms with Gasteiger partial charge in [0, 0.05) is 36.7 Å². The summed E-state index contributed by atoms with van der Waals surface area (Å²) in [5.74, 6) is 0.0399. The minimum absolute atomic E-state index is 0.0642. The summed E-state index contributed by atoms with van der Waals surface area (Å²) < 4.78 is 5.13. The SMILES string of the molecule is CCN(CC(=O)Nc1cccc(OC)c1)C(=O)CCC(=O)c1ccc(C)cc1. The normalized spacial score (nSPS) is 10.2. The first kappa shape index (κ1) is 21.2. The number of amides is 2. The highest BCUT2D eigenvalue weighted by Crippen LogP contribution is 2.16. The maximum absolute atomic E-state index is 12.4. The van der Waals surface area contributed by atoms with E-state index < -0.39 is 0 Å². The Morgan fingerprint density at radius 2 is 1.75 bits per heavy atom. The van der Waals surface area contributed by atoms with Crippen LogP contribution in [0.2, 0.25) is 0 Å². The van der Waals surface area contributed by atoms with Gasteiger partial charge in [-0.2, -0.15) is 0 Å². The first-order valence-electron chi connectivity index (χ1n) is 9.24. The van der Waals surface area contributed by atoms with Gasteiger partial charge in [-0.1, -0.05) is 35.9 Å². The topological polar surface area (TPSA) is 75.7 Å². The van der Waals surface area contributed by atoms with E-state index in [1.165, 1.54) is 4.90 Å². The number of carbonyl (C=O) groups is 3. The molecule has 0 spiro atoms. The summed E-state index contributed by atoms with van der Waals surface area (Å²) in [4.78, 5) is 38.4. The number of hydrogen-bond acceptors (Lipinski definition) is 4. The molecule has 2 aromatic carbocycles. The van der Waals surface area contributed by atoms with E-state index in [1.54, 1.807) is 50.4 Å². The lowest BCUT2D eigenvalue weighted by Gasteiger charge is -2.20. The summed E-state index contributed by atoms with van der Waals surface area (Å²) >= 11 is 0. The van der Waals surface area contributed by atoms with Crippen molar-refractivity contribution in [3.63, 3.8) is 0 Å². The third-order valence-corrected chi connectivity index (χ3v) is 4.36. The molecule has 0 aliphatic rings. The predicted molar refractivity (Wildman–Crippen MR) is 109 cm³/mol. The Labute approximate surface area is 165 Å². The van der Waals surface area contributed by atoms with Crippen LogP contribution >= 0.6 is 0 Å². The fourth-order valence-corrected chi connectivity index (χ4v) is 2.71. The van der Waals surface area contributed by atoms with Crippen molar-refractivity contribution < 1.29 is 19.1 Å². The molecular formula is C22H26N2O4. The highest BCUT2D eigenvalue weighted by Gasteiger charge is 2.17. The van der Waals surface area contributed by atoms with Gasteiger partial charge in [0.25, 0.3) is 0 Å². The van der Waals surface area contributed by atoms with Gasteiger partial charge in [-0.3, -0.25) is 14.4 Å². The number of nitrogens with one attached hydrogen (secondary N) is 1. The number of Topliss-reactive ketones (excluding diaryl/α,β-unsaturated/α-hetero) is 1. The Hall–Kier alpha value is -3.15. The Balaban J connectivity index is 1.87. The molecule has 0 aliphatic carbocycles. The third kappa shape index (κ3) is 6.23. The van der Waals surface area contributed by atoms with Gasteiger partial charge >= 0.3 is 0 Å². The molecule has 0 bridgehead atoms. The number of carbonyl (C=O) groups excluding carboxylic acids is 3. The third-order valence-electron chi connectivity index (χ3n) is 4.36. The molecule has 0 saturated heterocycles. The number of ketones is 1. The number of nitrogens with zero attached hydrogens (tertiary/aromatic N) is 1. The van der Waals surface area contributed by atoms with Crippen molar-refractivity contribution >= 4 is 23.3 Å². The largest absolute Gasteiger partial charge is 0.497 e. The minimum atomic E-state index is -0.298. The number of aryl methyl sites for hydroxylation is 1. The molecule has 2 rings (SSSR count). The smallest absolute Gasteiger partial charge is 0.243 e. The average Bonchev–Trinajstić information content (AvgIpc) is 2.70. The summed E-state index contributed by atoms with van der Waals surface area (Å²) in [6, 6.07) is 14.3. The van der Waals surface area contributed by atoms with E-state index in [1.807, 2.05) is 19.1 Å². The summed E-state index contributed by atoms with van der Waals surface area (Å²) in [7, 11) is 1.55. The van der Waals surface area contributed by atoms with E-state index in [0.29, 0.717) is 23.5 Å². The number of ether oxygens (including phenoxy) is 1. The van der Waals surface area contributed by atoms with E-state index >= 15 is 0 Å². The van der Waals surface area contributed by atoms with Gasteiger partial charge in [-0.25, -0.2) is 0 Å². The van der Waals surface area contributed by atoms with Crippen LogP contribution in [-0.2, 0) is 9.59 Å². The molecule has 1 N–H and O–H groups in total. The van der Waals surface area contributed by atoms with Crippen LogP contribution in [0.5, 0.6) is 5.75 Å². The summed E-state index contributed by atoms with van der Waals surface area (Å²) in [6.45, 7) is 4.08. The fourth-order valence-electron chi connectivity index (χ4n) is 2.71. The predicted octanol–water partition coefficient (Wildman–Crippen LogP) is 3.45. The van der Waals surface area contributed by atoms with Crippen molar-refractivity contribution in [2.24, 2.45) is 0 Å². The summed E-state index contributed by atoms with van der Waals surface area (Å²) in [5.41, 5.74) is 2.27. The maximum Gasteiger partial charge on any atom is 0.243 e. The zero-order valence-electron chi connectivity index (χ0n) is 16.5. The number of benzene rings is 2. The Bertz CT molecular complexity index is 831. The quantitative estimate of drug-likeness (QED) is 0.674. The molecule has 2 aromatic rings. The van der Waals surface area contributed by atoms with E-state index in [4.69, 9.17) is 4.74 Å². The molecule has 0 aromatic heterocycles. The standard InChI is InChI=1S/C22H26N2O4/c1-4-24(15-21(26)23-18-6-5-7-19(14-18)28-3)22(27)13-12-20(25)17-10-8-16(2)9-11-17/h5-11,14H,4,12-13,15H2,1-3H3,(H,23,26). The van der Waals surface area contributed by atoms with Gasteiger partial charge in [-0.05, 0) is 26.0 Å². The Morgan fingerprint density at radius 3 is 2.39 bits per heavy atom. The van der Waals surface area contributed by atoms with Crippen LogP contribution in [0, 0.1) is 6.92 Å². The molecule has 6 nitrogen and oxygen atoms in total. The van der Waals surface area contributed by atoms with Gasteiger partial charge in [0.15, 0.2) is 5.78 Å². The van der Waals surface area contributed by atoms with Crippen LogP contribution in [0.25, 0.3) is 0 Å². The molecular weight excluding hydrogens is 356 g/mol. The van der Waals surface area contributed by atoms with E-state index in [0.717, 1.165) is 5.56 Å². The second-order valence-electron chi connectivity index (χ2n) is 6.48. The molecule has 0 radical (unpaired) electrons. The zero-order valence-corrected chi connectivity index (χ0v) is 16.5. The average molecular weight is 382 g/mol. The van der Waals surface area contributed by atoms with Gasteiger partial charge < -0.3 is 15.0 Å². The highest BCUT2D eigenvalue weighted by atomic mass is 16.5. The van der Waals surface area contributed by atoms with Crippen LogP contribution in [-0.4, -0.2) is 42.7 Å². The maximum atomic E-state index is 12.4. The lowest BCUT2D eigenvalue weighted by Crippen LogP contribution is -2.38. The molecule has 0 unspecified atom stereocenters. The van der Waals surface area contributed by atoms with E-state index in [2.05, 4.69) is 5.32 Å². The van der Waals surface area contributed by atoms with Crippen LogP contribution in [0.3, 0.4) is 0 Å². The first-order valence-corrected chi connectivity index (χ1v) is 9.24. The number of anilines is 1.